The van der Waals surface area contributed by atoms with Crippen molar-refractivity contribution in [2.75, 3.05) is 26.1 Å². The molecule has 218 valence electrons. The number of likely N-dealkylation sites (tertiary alicyclic amines) is 1. The van der Waals surface area contributed by atoms with Gasteiger partial charge in [0.15, 0.2) is 23.0 Å². The fraction of sp³-hybridized carbons (Fsp3) is 0.323. The summed E-state index contributed by atoms with van der Waals surface area (Å²) in [6.45, 7) is 1.97. The number of aromatic hydroxyl groups is 2. The minimum Gasteiger partial charge on any atom is -0.504 e. The van der Waals surface area contributed by atoms with E-state index in [0.717, 1.165) is 11.1 Å². The Morgan fingerprint density at radius 3 is 2.38 bits per heavy atom. The van der Waals surface area contributed by atoms with Crippen molar-refractivity contribution in [2.45, 2.75) is 31.3 Å². The van der Waals surface area contributed by atoms with Gasteiger partial charge in [0.05, 0.1) is 36.8 Å². The third-order valence-electron chi connectivity index (χ3n) is 8.58. The molecule has 3 amide bonds. The number of amides is 3. The Hall–Kier alpha value is -4.28. The van der Waals surface area contributed by atoms with Crippen LogP contribution in [0.15, 0.2) is 48.5 Å². The van der Waals surface area contributed by atoms with Crippen LogP contribution in [-0.2, 0) is 32.8 Å². The number of nitrogens with one attached hydrogen (secondary N) is 2. The van der Waals surface area contributed by atoms with Gasteiger partial charge in [-0.3, -0.25) is 24.6 Å². The molecule has 11 heteroatoms. The number of methoxy groups -OCH3 is 2. The highest BCUT2D eigenvalue weighted by molar-refractivity contribution is 6.35. The Labute approximate surface area is 247 Å². The molecule has 0 aromatic heterocycles. The van der Waals surface area contributed by atoms with Crippen molar-refractivity contribution >= 4 is 35.0 Å². The maximum atomic E-state index is 14.2. The summed E-state index contributed by atoms with van der Waals surface area (Å²) in [6.07, 6.45) is 0.601. The van der Waals surface area contributed by atoms with E-state index >= 15 is 0 Å². The molecule has 3 heterocycles. The SMILES string of the molecule is COc1ccc(CCN2C(=O)[C@@H]3[C@H](Cc4ccc(O)c(O)c4)N[C@@]4(C(=O)Nc5c(Cl)cc(C)cc54)[C@H]3C2=O)cc1OC. The number of halogens is 1. The average Bonchev–Trinajstić information content (AvgIpc) is 3.54. The van der Waals surface area contributed by atoms with Gasteiger partial charge in [-0.1, -0.05) is 29.8 Å². The van der Waals surface area contributed by atoms with Crippen LogP contribution in [0.25, 0.3) is 0 Å². The number of imide groups is 1. The first-order chi connectivity index (χ1) is 20.1. The molecule has 0 unspecified atom stereocenters. The molecule has 0 aliphatic carbocycles. The van der Waals surface area contributed by atoms with Crippen molar-refractivity contribution in [3.05, 3.63) is 75.8 Å². The first kappa shape index (κ1) is 27.9. The maximum Gasteiger partial charge on any atom is 0.250 e. The zero-order valence-electron chi connectivity index (χ0n) is 23.2. The third kappa shape index (κ3) is 4.16. The summed E-state index contributed by atoms with van der Waals surface area (Å²) in [5, 5.41) is 26.5. The van der Waals surface area contributed by atoms with Gasteiger partial charge in [-0.15, -0.1) is 0 Å². The van der Waals surface area contributed by atoms with Gasteiger partial charge < -0.3 is 25.0 Å². The second-order valence-corrected chi connectivity index (χ2v) is 11.4. The van der Waals surface area contributed by atoms with Crippen LogP contribution in [0.5, 0.6) is 23.0 Å². The molecule has 2 fully saturated rings. The molecule has 42 heavy (non-hydrogen) atoms. The van der Waals surface area contributed by atoms with Crippen molar-refractivity contribution in [1.82, 2.24) is 10.2 Å². The van der Waals surface area contributed by atoms with E-state index < -0.39 is 35.2 Å². The first-order valence-electron chi connectivity index (χ1n) is 13.6. The van der Waals surface area contributed by atoms with Crippen LogP contribution in [0.1, 0.15) is 22.3 Å². The van der Waals surface area contributed by atoms with E-state index in [-0.39, 0.29) is 30.4 Å². The Kier molecular flexibility index (Phi) is 6.78. The number of nitrogens with zero attached hydrogens (tertiary/aromatic N) is 1. The van der Waals surface area contributed by atoms with Gasteiger partial charge in [-0.05, 0) is 66.8 Å². The van der Waals surface area contributed by atoms with Crippen molar-refractivity contribution in [2.24, 2.45) is 11.8 Å². The molecule has 3 aliphatic heterocycles. The lowest BCUT2D eigenvalue weighted by Gasteiger charge is -2.30. The summed E-state index contributed by atoms with van der Waals surface area (Å²) in [5.41, 5.74) is 1.73. The van der Waals surface area contributed by atoms with E-state index in [4.69, 9.17) is 21.1 Å². The largest absolute Gasteiger partial charge is 0.504 e. The Morgan fingerprint density at radius 1 is 0.929 bits per heavy atom. The molecule has 3 aliphatic rings. The third-order valence-corrected chi connectivity index (χ3v) is 8.88. The average molecular weight is 592 g/mol. The number of carbonyl (C=O) groups is 3. The van der Waals surface area contributed by atoms with Crippen molar-refractivity contribution in [3.63, 3.8) is 0 Å². The van der Waals surface area contributed by atoms with Crippen LogP contribution < -0.4 is 20.1 Å². The van der Waals surface area contributed by atoms with Crippen LogP contribution in [-0.4, -0.2) is 59.6 Å². The summed E-state index contributed by atoms with van der Waals surface area (Å²) >= 11 is 6.53. The molecule has 3 aromatic carbocycles. The van der Waals surface area contributed by atoms with Gasteiger partial charge in [0, 0.05) is 18.2 Å². The fourth-order valence-corrected chi connectivity index (χ4v) is 7.00. The highest BCUT2D eigenvalue weighted by Crippen LogP contribution is 2.55. The molecule has 1 spiro atoms. The summed E-state index contributed by atoms with van der Waals surface area (Å²) in [5.74, 6) is -2.57. The monoisotopic (exact) mass is 591 g/mol. The number of fused-ring (bicyclic) bond motifs is 4. The zero-order chi connectivity index (χ0) is 29.9. The molecule has 0 radical (unpaired) electrons. The molecule has 0 saturated carbocycles. The number of carbonyl (C=O) groups excluding carboxylic acids is 3. The zero-order valence-corrected chi connectivity index (χ0v) is 24.0. The second kappa shape index (κ2) is 10.2. The van der Waals surface area contributed by atoms with E-state index in [0.29, 0.717) is 39.8 Å². The number of rotatable bonds is 7. The standard InChI is InChI=1S/C31H30ClN3O7/c1-15-10-18-27(19(32)11-15)33-30(40)31(18)26-25(20(34-31)12-17-4-6-21(36)22(37)13-17)28(38)35(29(26)39)9-8-16-5-7-23(41-2)24(14-16)42-3/h4-7,10-11,13-14,20,25-26,34,36-37H,8-9,12H2,1-3H3,(H,33,40)/t20-,25+,26+,31+/m0/s1. The number of phenolic OH excluding ortho intramolecular Hbond substituents is 2. The lowest BCUT2D eigenvalue weighted by molar-refractivity contribution is -0.142. The normalized spacial score (nSPS) is 24.2. The van der Waals surface area contributed by atoms with Crippen molar-refractivity contribution in [3.8, 4) is 23.0 Å². The lowest BCUT2D eigenvalue weighted by Crippen LogP contribution is -2.53. The molecular weight excluding hydrogens is 562 g/mol. The molecule has 10 nitrogen and oxygen atoms in total. The van der Waals surface area contributed by atoms with Gasteiger partial charge in [0.25, 0.3) is 0 Å². The number of benzene rings is 3. The maximum absolute atomic E-state index is 14.2. The van der Waals surface area contributed by atoms with Crippen molar-refractivity contribution < 1.29 is 34.1 Å². The number of phenols is 2. The lowest BCUT2D eigenvalue weighted by atomic mass is 9.76. The summed E-state index contributed by atoms with van der Waals surface area (Å²) in [7, 11) is 3.08. The number of ether oxygens (including phenoxy) is 2. The topological polar surface area (TPSA) is 137 Å². The summed E-state index contributed by atoms with van der Waals surface area (Å²) in [6, 6.07) is 12.8. The highest BCUT2D eigenvalue weighted by Gasteiger charge is 2.70. The van der Waals surface area contributed by atoms with Gasteiger partial charge in [-0.25, -0.2) is 0 Å². The summed E-state index contributed by atoms with van der Waals surface area (Å²) in [4.78, 5) is 43.3. The summed E-state index contributed by atoms with van der Waals surface area (Å²) < 4.78 is 10.7. The van der Waals surface area contributed by atoms with Crippen LogP contribution in [0, 0.1) is 18.8 Å². The van der Waals surface area contributed by atoms with Crippen LogP contribution in [0.2, 0.25) is 5.02 Å². The Balaban J connectivity index is 1.38. The molecular formula is C31H30ClN3O7. The van der Waals surface area contributed by atoms with Gasteiger partial charge in [-0.2, -0.15) is 0 Å². The minimum absolute atomic E-state index is 0.117. The molecule has 4 atom stereocenters. The van der Waals surface area contributed by atoms with E-state index in [1.54, 1.807) is 31.4 Å². The van der Waals surface area contributed by atoms with Gasteiger partial charge in [0.2, 0.25) is 17.7 Å². The number of anilines is 1. The van der Waals surface area contributed by atoms with E-state index in [9.17, 15) is 24.6 Å². The van der Waals surface area contributed by atoms with Crippen LogP contribution in [0.3, 0.4) is 0 Å². The van der Waals surface area contributed by atoms with Gasteiger partial charge >= 0.3 is 0 Å². The molecule has 2 saturated heterocycles. The van der Waals surface area contributed by atoms with E-state index in [1.165, 1.54) is 24.1 Å². The molecule has 0 bridgehead atoms. The number of hydrogen-bond acceptors (Lipinski definition) is 8. The first-order valence-corrected chi connectivity index (χ1v) is 13.9. The Bertz CT molecular complexity index is 1640. The quantitative estimate of drug-likeness (QED) is 0.243. The number of aryl methyl sites for hydroxylation is 1. The highest BCUT2D eigenvalue weighted by atomic mass is 35.5. The Morgan fingerprint density at radius 2 is 1.67 bits per heavy atom. The van der Waals surface area contributed by atoms with E-state index in [1.807, 2.05) is 19.1 Å². The fourth-order valence-electron chi connectivity index (χ4n) is 6.68. The van der Waals surface area contributed by atoms with Crippen LogP contribution >= 0.6 is 11.6 Å². The van der Waals surface area contributed by atoms with Crippen LogP contribution in [0.4, 0.5) is 5.69 Å². The molecule has 4 N–H and O–H groups in total. The minimum atomic E-state index is -1.51. The van der Waals surface area contributed by atoms with E-state index in [2.05, 4.69) is 10.6 Å². The number of hydrogen-bond donors (Lipinski definition) is 4. The molecule has 3 aromatic rings. The molecule has 6 rings (SSSR count). The predicted octanol–water partition coefficient (Wildman–Crippen LogP) is 3.28. The predicted molar refractivity (Wildman–Crippen MR) is 154 cm³/mol. The second-order valence-electron chi connectivity index (χ2n) is 11.0. The van der Waals surface area contributed by atoms with Crippen molar-refractivity contribution in [1.29, 1.82) is 0 Å². The smallest absolute Gasteiger partial charge is 0.250 e. The van der Waals surface area contributed by atoms with Gasteiger partial charge in [0.1, 0.15) is 5.54 Å².